The lowest BCUT2D eigenvalue weighted by Crippen LogP contribution is -2.04. The second kappa shape index (κ2) is 7.06. The maximum Gasteiger partial charge on any atom is 0.304 e. The van der Waals surface area contributed by atoms with Crippen molar-refractivity contribution in [2.75, 3.05) is 0 Å². The van der Waals surface area contributed by atoms with E-state index in [1.807, 2.05) is 24.3 Å². The van der Waals surface area contributed by atoms with E-state index < -0.39 is 5.97 Å². The Morgan fingerprint density at radius 3 is 2.78 bits per heavy atom. The predicted molar refractivity (Wildman–Crippen MR) is 107 cm³/mol. The van der Waals surface area contributed by atoms with Crippen LogP contribution in [0.15, 0.2) is 52.8 Å². The van der Waals surface area contributed by atoms with E-state index in [4.69, 9.17) is 11.6 Å². The molecule has 1 aliphatic rings. The summed E-state index contributed by atoms with van der Waals surface area (Å²) in [5.74, 6) is -1.23. The number of aliphatic carboxylic acids is 1. The van der Waals surface area contributed by atoms with Gasteiger partial charge in [-0.05, 0) is 48.4 Å². The molecule has 1 N–H and O–H groups in total. The first-order chi connectivity index (χ1) is 13.0. The molecule has 4 rings (SSSR count). The van der Waals surface area contributed by atoms with Crippen LogP contribution >= 0.6 is 23.4 Å². The van der Waals surface area contributed by atoms with Gasteiger partial charge in [0.25, 0.3) is 0 Å². The Balaban J connectivity index is 1.95. The van der Waals surface area contributed by atoms with Crippen molar-refractivity contribution in [2.45, 2.75) is 35.1 Å². The lowest BCUT2D eigenvalue weighted by Gasteiger charge is -2.11. The Labute approximate surface area is 165 Å². The number of hydrogen-bond donors (Lipinski definition) is 1. The van der Waals surface area contributed by atoms with E-state index in [0.29, 0.717) is 11.6 Å². The summed E-state index contributed by atoms with van der Waals surface area (Å²) in [6.07, 6.45) is 2.46. The molecule has 3 nitrogen and oxygen atoms in total. The molecule has 27 heavy (non-hydrogen) atoms. The zero-order valence-corrected chi connectivity index (χ0v) is 16.0. The molecule has 3 aromatic rings. The van der Waals surface area contributed by atoms with Crippen molar-refractivity contribution >= 4 is 46.3 Å². The van der Waals surface area contributed by atoms with Crippen LogP contribution in [0.2, 0.25) is 5.02 Å². The molecule has 2 aromatic carbocycles. The van der Waals surface area contributed by atoms with Crippen LogP contribution in [-0.4, -0.2) is 15.6 Å². The number of carboxylic acids is 1. The van der Waals surface area contributed by atoms with Gasteiger partial charge in [0.2, 0.25) is 0 Å². The number of carbonyl (C=O) groups is 1. The van der Waals surface area contributed by atoms with Crippen LogP contribution in [0.25, 0.3) is 17.0 Å². The Hall–Kier alpha value is -2.24. The average molecular weight is 402 g/mol. The zero-order chi connectivity index (χ0) is 19.1. The van der Waals surface area contributed by atoms with Gasteiger partial charge in [-0.2, -0.15) is 0 Å². The van der Waals surface area contributed by atoms with Crippen molar-refractivity contribution in [2.24, 2.45) is 0 Å². The third-order valence-corrected chi connectivity index (χ3v) is 6.29. The molecule has 1 unspecified atom stereocenters. The zero-order valence-electron chi connectivity index (χ0n) is 14.4. The number of rotatable bonds is 5. The van der Waals surface area contributed by atoms with Gasteiger partial charge in [0.05, 0.1) is 11.9 Å². The highest BCUT2D eigenvalue weighted by atomic mass is 35.5. The maximum atomic E-state index is 14.2. The Kier molecular flexibility index (Phi) is 4.74. The molecule has 1 aliphatic heterocycles. The van der Waals surface area contributed by atoms with Crippen molar-refractivity contribution in [3.63, 3.8) is 0 Å². The minimum absolute atomic E-state index is 0.0659. The van der Waals surface area contributed by atoms with Crippen molar-refractivity contribution < 1.29 is 14.3 Å². The van der Waals surface area contributed by atoms with Crippen LogP contribution in [-0.2, 0) is 11.3 Å². The minimum Gasteiger partial charge on any atom is -0.481 e. The van der Waals surface area contributed by atoms with Crippen LogP contribution in [0, 0.1) is 5.82 Å². The molecular weight excluding hydrogens is 385 g/mol. The highest BCUT2D eigenvalue weighted by Gasteiger charge is 2.32. The summed E-state index contributed by atoms with van der Waals surface area (Å²) < 4.78 is 16.2. The van der Waals surface area contributed by atoms with E-state index in [2.05, 4.69) is 11.1 Å². The maximum absolute atomic E-state index is 14.2. The van der Waals surface area contributed by atoms with Crippen molar-refractivity contribution in [3.8, 4) is 0 Å². The van der Waals surface area contributed by atoms with Crippen LogP contribution in [0.4, 0.5) is 4.39 Å². The Morgan fingerprint density at radius 2 is 2.11 bits per heavy atom. The van der Waals surface area contributed by atoms with Crippen molar-refractivity contribution in [3.05, 3.63) is 65.1 Å². The molecule has 138 valence electrons. The average Bonchev–Trinajstić information content (AvgIpc) is 3.16. The summed E-state index contributed by atoms with van der Waals surface area (Å²) in [7, 11) is 0. The lowest BCUT2D eigenvalue weighted by molar-refractivity contribution is -0.137. The number of hydrogen-bond acceptors (Lipinski definition) is 2. The fourth-order valence-corrected chi connectivity index (χ4v) is 5.16. The number of benzene rings is 2. The minimum atomic E-state index is -0.823. The summed E-state index contributed by atoms with van der Waals surface area (Å²) in [4.78, 5) is 13.3. The molecule has 0 radical (unpaired) electrons. The van der Waals surface area contributed by atoms with Gasteiger partial charge < -0.3 is 9.67 Å². The van der Waals surface area contributed by atoms with Crippen LogP contribution in [0.3, 0.4) is 0 Å². The third kappa shape index (κ3) is 3.26. The first-order valence-electron chi connectivity index (χ1n) is 8.61. The summed E-state index contributed by atoms with van der Waals surface area (Å²) in [6.45, 7) is 4.52. The van der Waals surface area contributed by atoms with Gasteiger partial charge >= 0.3 is 5.97 Å². The van der Waals surface area contributed by atoms with Gasteiger partial charge in [-0.1, -0.05) is 36.0 Å². The second-order valence-electron chi connectivity index (χ2n) is 6.60. The quantitative estimate of drug-likeness (QED) is 0.554. The smallest absolute Gasteiger partial charge is 0.304 e. The van der Waals surface area contributed by atoms with E-state index in [-0.39, 0.29) is 18.2 Å². The van der Waals surface area contributed by atoms with Crippen molar-refractivity contribution in [1.29, 1.82) is 0 Å². The van der Waals surface area contributed by atoms with E-state index in [9.17, 15) is 14.3 Å². The van der Waals surface area contributed by atoms with E-state index in [1.165, 1.54) is 12.1 Å². The molecule has 0 spiro atoms. The normalized spacial score (nSPS) is 15.9. The van der Waals surface area contributed by atoms with E-state index in [1.54, 1.807) is 17.8 Å². The SMILES string of the molecule is C=Cc1cc(F)cc2c1c(Sc1ccc(Cl)cc1)c1n2CCC1CC(=O)O. The van der Waals surface area contributed by atoms with E-state index in [0.717, 1.165) is 38.4 Å². The molecule has 0 fully saturated rings. The molecule has 0 amide bonds. The molecule has 0 aliphatic carbocycles. The number of carboxylic acid groups (broad SMARTS) is 1. The van der Waals surface area contributed by atoms with Crippen LogP contribution in [0.1, 0.15) is 30.0 Å². The number of halogens is 2. The molecular formula is C21H17ClFNO2S. The Bertz CT molecular complexity index is 1060. The number of aromatic nitrogens is 1. The summed E-state index contributed by atoms with van der Waals surface area (Å²) in [5.41, 5.74) is 2.49. The fourth-order valence-electron chi connectivity index (χ4n) is 3.82. The number of fused-ring (bicyclic) bond motifs is 3. The fraction of sp³-hybridized carbons (Fsp3) is 0.190. The van der Waals surface area contributed by atoms with Gasteiger partial charge in [-0.3, -0.25) is 4.79 Å². The van der Waals surface area contributed by atoms with Gasteiger partial charge in [0.1, 0.15) is 5.82 Å². The summed E-state index contributed by atoms with van der Waals surface area (Å²) in [5, 5.41) is 10.9. The summed E-state index contributed by atoms with van der Waals surface area (Å²) >= 11 is 7.56. The first kappa shape index (κ1) is 18.1. The highest BCUT2D eigenvalue weighted by Crippen LogP contribution is 2.48. The van der Waals surface area contributed by atoms with Gasteiger partial charge in [0.15, 0.2) is 0 Å². The van der Waals surface area contributed by atoms with Crippen LogP contribution in [0.5, 0.6) is 0 Å². The number of nitrogens with zero attached hydrogens (tertiary/aromatic N) is 1. The second-order valence-corrected chi connectivity index (χ2v) is 8.12. The first-order valence-corrected chi connectivity index (χ1v) is 9.80. The molecule has 1 atom stereocenters. The topological polar surface area (TPSA) is 42.2 Å². The van der Waals surface area contributed by atoms with Crippen LogP contribution < -0.4 is 0 Å². The molecule has 2 heterocycles. The summed E-state index contributed by atoms with van der Waals surface area (Å²) in [6, 6.07) is 10.5. The van der Waals surface area contributed by atoms with Gasteiger partial charge in [0, 0.05) is 38.4 Å². The molecule has 0 saturated carbocycles. The Morgan fingerprint density at radius 1 is 1.37 bits per heavy atom. The molecule has 0 bridgehead atoms. The largest absolute Gasteiger partial charge is 0.481 e. The number of aryl methyl sites for hydroxylation is 1. The monoisotopic (exact) mass is 401 g/mol. The molecule has 0 saturated heterocycles. The third-order valence-electron chi connectivity index (χ3n) is 4.92. The van der Waals surface area contributed by atoms with Crippen molar-refractivity contribution in [1.82, 2.24) is 4.57 Å². The highest BCUT2D eigenvalue weighted by molar-refractivity contribution is 7.99. The molecule has 6 heteroatoms. The molecule has 1 aromatic heterocycles. The standard InChI is InChI=1S/C21H17ClFNO2S/c1-2-12-9-15(23)11-17-19(12)21(27-16-5-3-14(22)4-6-16)20-13(10-18(25)26)7-8-24(17)20/h2-6,9,11,13H,1,7-8,10H2,(H,25,26). The lowest BCUT2D eigenvalue weighted by atomic mass is 9.99. The predicted octanol–water partition coefficient (Wildman–Crippen LogP) is 6.19. The van der Waals surface area contributed by atoms with Gasteiger partial charge in [-0.25, -0.2) is 4.39 Å². The van der Waals surface area contributed by atoms with Gasteiger partial charge in [-0.15, -0.1) is 0 Å². The van der Waals surface area contributed by atoms with E-state index >= 15 is 0 Å².